The quantitative estimate of drug-likeness (QED) is 0.515. The van der Waals surface area contributed by atoms with Crippen LogP contribution < -0.4 is 0 Å². The van der Waals surface area contributed by atoms with E-state index in [1.165, 1.54) is 6.07 Å². The van der Waals surface area contributed by atoms with Crippen LogP contribution in [0.15, 0.2) is 60.7 Å². The van der Waals surface area contributed by atoms with E-state index in [1.807, 2.05) is 19.1 Å². The molecule has 0 atom stereocenters. The summed E-state index contributed by atoms with van der Waals surface area (Å²) in [5, 5.41) is 0. The Morgan fingerprint density at radius 2 is 2.12 bits per heavy atom. The van der Waals surface area contributed by atoms with Crippen molar-refractivity contribution in [3.8, 4) is 11.8 Å². The van der Waals surface area contributed by atoms with Crippen molar-refractivity contribution in [1.29, 1.82) is 0 Å². The summed E-state index contributed by atoms with van der Waals surface area (Å²) < 4.78 is 13.3. The highest BCUT2D eigenvalue weighted by atomic mass is 19.1. The largest absolute Gasteiger partial charge is 0.206 e. The predicted molar refractivity (Wildman–Crippen MR) is 66.4 cm³/mol. The van der Waals surface area contributed by atoms with Crippen molar-refractivity contribution in [2.24, 2.45) is 0 Å². The van der Waals surface area contributed by atoms with Gasteiger partial charge in [-0.05, 0) is 25.1 Å². The Hall–Kier alpha value is -2.07. The SMILES string of the molecule is C=CC=C(C#Cc1ccccc1F)C=CC. The average Bonchev–Trinajstić information content (AvgIpc) is 2.28. The van der Waals surface area contributed by atoms with Crippen molar-refractivity contribution in [3.05, 3.63) is 72.1 Å². The molecule has 0 saturated heterocycles. The second-order valence-corrected chi connectivity index (χ2v) is 3.09. The van der Waals surface area contributed by atoms with Gasteiger partial charge in [-0.25, -0.2) is 4.39 Å². The van der Waals surface area contributed by atoms with Crippen LogP contribution in [0.3, 0.4) is 0 Å². The predicted octanol–water partition coefficient (Wildman–Crippen LogP) is 3.87. The topological polar surface area (TPSA) is 0 Å². The van der Waals surface area contributed by atoms with Gasteiger partial charge in [0.2, 0.25) is 0 Å². The maximum Gasteiger partial charge on any atom is 0.138 e. The van der Waals surface area contributed by atoms with Crippen molar-refractivity contribution < 1.29 is 4.39 Å². The van der Waals surface area contributed by atoms with E-state index in [0.29, 0.717) is 5.56 Å². The van der Waals surface area contributed by atoms with Gasteiger partial charge in [0.15, 0.2) is 0 Å². The molecule has 16 heavy (non-hydrogen) atoms. The summed E-state index contributed by atoms with van der Waals surface area (Å²) >= 11 is 0. The fourth-order valence-electron chi connectivity index (χ4n) is 1.15. The van der Waals surface area contributed by atoms with Crippen LogP contribution in [0, 0.1) is 17.7 Å². The van der Waals surface area contributed by atoms with Gasteiger partial charge in [-0.3, -0.25) is 0 Å². The number of hydrogen-bond donors (Lipinski definition) is 0. The minimum Gasteiger partial charge on any atom is -0.206 e. The Kier molecular flexibility index (Phi) is 4.82. The highest BCUT2D eigenvalue weighted by Crippen LogP contribution is 2.05. The normalized spacial score (nSPS) is 11.0. The zero-order chi connectivity index (χ0) is 11.8. The molecule has 0 radical (unpaired) electrons. The molecular formula is C15H13F. The summed E-state index contributed by atoms with van der Waals surface area (Å²) in [7, 11) is 0. The Morgan fingerprint density at radius 1 is 1.38 bits per heavy atom. The van der Waals surface area contributed by atoms with Gasteiger partial charge >= 0.3 is 0 Å². The molecule has 1 rings (SSSR count). The van der Waals surface area contributed by atoms with E-state index in [2.05, 4.69) is 18.4 Å². The zero-order valence-electron chi connectivity index (χ0n) is 9.20. The number of hydrogen-bond acceptors (Lipinski definition) is 0. The number of benzene rings is 1. The van der Waals surface area contributed by atoms with E-state index in [4.69, 9.17) is 0 Å². The van der Waals surface area contributed by atoms with Crippen molar-refractivity contribution in [2.45, 2.75) is 6.92 Å². The van der Waals surface area contributed by atoms with Gasteiger partial charge in [0.1, 0.15) is 5.82 Å². The Morgan fingerprint density at radius 3 is 2.75 bits per heavy atom. The van der Waals surface area contributed by atoms with E-state index in [0.717, 1.165) is 5.57 Å². The Balaban J connectivity index is 3.00. The Labute approximate surface area is 95.8 Å². The summed E-state index contributed by atoms with van der Waals surface area (Å²) in [5.74, 6) is 5.38. The van der Waals surface area contributed by atoms with Crippen LogP contribution in [0.25, 0.3) is 0 Å². The molecule has 80 valence electrons. The number of halogens is 1. The molecule has 1 aromatic rings. The van der Waals surface area contributed by atoms with Crippen LogP contribution >= 0.6 is 0 Å². The van der Waals surface area contributed by atoms with Gasteiger partial charge in [0.05, 0.1) is 5.56 Å². The molecule has 0 aliphatic carbocycles. The van der Waals surface area contributed by atoms with Gasteiger partial charge in [-0.1, -0.05) is 48.8 Å². The van der Waals surface area contributed by atoms with Gasteiger partial charge in [0.25, 0.3) is 0 Å². The first kappa shape index (κ1) is 12.0. The lowest BCUT2D eigenvalue weighted by Gasteiger charge is -1.92. The summed E-state index contributed by atoms with van der Waals surface area (Å²) in [6.07, 6.45) is 7.18. The first-order chi connectivity index (χ1) is 7.77. The van der Waals surface area contributed by atoms with Crippen molar-refractivity contribution in [1.82, 2.24) is 0 Å². The van der Waals surface area contributed by atoms with E-state index in [-0.39, 0.29) is 5.82 Å². The molecule has 0 fully saturated rings. The second kappa shape index (κ2) is 6.42. The third-order valence-corrected chi connectivity index (χ3v) is 1.86. The molecule has 0 aliphatic rings. The Bertz CT molecular complexity index is 482. The molecule has 1 aromatic carbocycles. The molecule has 0 aromatic heterocycles. The number of rotatable bonds is 2. The van der Waals surface area contributed by atoms with Crippen LogP contribution in [0.4, 0.5) is 4.39 Å². The molecule has 0 unspecified atom stereocenters. The summed E-state index contributed by atoms with van der Waals surface area (Å²) in [6.45, 7) is 5.51. The summed E-state index contributed by atoms with van der Waals surface area (Å²) in [6, 6.07) is 6.46. The average molecular weight is 212 g/mol. The maximum absolute atomic E-state index is 13.3. The molecule has 0 bridgehead atoms. The first-order valence-electron chi connectivity index (χ1n) is 5.00. The highest BCUT2D eigenvalue weighted by Gasteiger charge is 1.94. The first-order valence-corrected chi connectivity index (χ1v) is 5.00. The molecule has 0 nitrogen and oxygen atoms in total. The van der Waals surface area contributed by atoms with Crippen LogP contribution in [0.2, 0.25) is 0 Å². The zero-order valence-corrected chi connectivity index (χ0v) is 9.20. The third kappa shape index (κ3) is 3.59. The summed E-state index contributed by atoms with van der Waals surface area (Å²) in [4.78, 5) is 0. The van der Waals surface area contributed by atoms with Crippen molar-refractivity contribution in [3.63, 3.8) is 0 Å². The van der Waals surface area contributed by atoms with Gasteiger partial charge in [-0.2, -0.15) is 0 Å². The lowest BCUT2D eigenvalue weighted by atomic mass is 10.1. The minimum absolute atomic E-state index is 0.298. The molecule has 1 heteroatoms. The fourth-order valence-corrected chi connectivity index (χ4v) is 1.15. The van der Waals surface area contributed by atoms with Crippen LogP contribution in [-0.4, -0.2) is 0 Å². The third-order valence-electron chi connectivity index (χ3n) is 1.86. The van der Waals surface area contributed by atoms with E-state index in [9.17, 15) is 4.39 Å². The van der Waals surface area contributed by atoms with Gasteiger partial charge in [-0.15, -0.1) is 0 Å². The second-order valence-electron chi connectivity index (χ2n) is 3.09. The maximum atomic E-state index is 13.3. The van der Waals surface area contributed by atoms with Crippen LogP contribution in [0.5, 0.6) is 0 Å². The molecular weight excluding hydrogens is 199 g/mol. The highest BCUT2D eigenvalue weighted by molar-refractivity contribution is 5.46. The lowest BCUT2D eigenvalue weighted by molar-refractivity contribution is 0.624. The molecule has 0 amide bonds. The smallest absolute Gasteiger partial charge is 0.138 e. The fraction of sp³-hybridized carbons (Fsp3) is 0.0667. The van der Waals surface area contributed by atoms with Crippen molar-refractivity contribution in [2.75, 3.05) is 0 Å². The van der Waals surface area contributed by atoms with E-state index >= 15 is 0 Å². The summed E-state index contributed by atoms with van der Waals surface area (Å²) in [5.41, 5.74) is 1.21. The molecule has 0 aliphatic heterocycles. The standard InChI is InChI=1S/C15H13F/c1-3-7-13(8-4-2)11-12-14-9-5-6-10-15(14)16/h3-10H,1H2,2H3. The van der Waals surface area contributed by atoms with Gasteiger partial charge < -0.3 is 0 Å². The molecule has 0 heterocycles. The van der Waals surface area contributed by atoms with Crippen molar-refractivity contribution >= 4 is 0 Å². The van der Waals surface area contributed by atoms with E-state index in [1.54, 1.807) is 30.4 Å². The minimum atomic E-state index is -0.298. The van der Waals surface area contributed by atoms with Gasteiger partial charge in [0, 0.05) is 5.57 Å². The van der Waals surface area contributed by atoms with Crippen LogP contribution in [-0.2, 0) is 0 Å². The number of allylic oxidation sites excluding steroid dienone is 5. The molecule has 0 saturated carbocycles. The van der Waals surface area contributed by atoms with Crippen LogP contribution in [0.1, 0.15) is 12.5 Å². The molecule has 0 N–H and O–H groups in total. The lowest BCUT2D eigenvalue weighted by Crippen LogP contribution is -1.81. The molecule has 0 spiro atoms. The van der Waals surface area contributed by atoms with E-state index < -0.39 is 0 Å². The monoisotopic (exact) mass is 212 g/mol.